The molecule has 0 spiro atoms. The Kier molecular flexibility index (Phi) is 3.35. The van der Waals surface area contributed by atoms with Crippen molar-refractivity contribution in [3.8, 4) is 0 Å². The molecule has 0 aromatic carbocycles. The molecule has 1 aliphatic carbocycles. The molecule has 5 nitrogen and oxygen atoms in total. The first-order valence-corrected chi connectivity index (χ1v) is 7.86. The summed E-state index contributed by atoms with van der Waals surface area (Å²) in [5, 5.41) is 15.0. The van der Waals surface area contributed by atoms with Gasteiger partial charge in [-0.15, -0.1) is 0 Å². The zero-order valence-electron chi connectivity index (χ0n) is 13.1. The predicted molar refractivity (Wildman–Crippen MR) is 79.4 cm³/mol. The van der Waals surface area contributed by atoms with E-state index in [4.69, 9.17) is 0 Å². The largest absolute Gasteiger partial charge is 0.387 e. The van der Waals surface area contributed by atoms with Crippen molar-refractivity contribution in [1.82, 2.24) is 14.7 Å². The Morgan fingerprint density at radius 2 is 2.19 bits per heavy atom. The summed E-state index contributed by atoms with van der Waals surface area (Å²) in [5.41, 5.74) is -1.04. The van der Waals surface area contributed by atoms with E-state index in [1.54, 1.807) is 6.20 Å². The molecule has 0 bridgehead atoms. The molecule has 2 fully saturated rings. The highest BCUT2D eigenvalue weighted by atomic mass is 16.3. The van der Waals surface area contributed by atoms with E-state index in [0.717, 1.165) is 12.8 Å². The van der Waals surface area contributed by atoms with E-state index in [1.807, 2.05) is 42.6 Å². The van der Waals surface area contributed by atoms with Gasteiger partial charge >= 0.3 is 0 Å². The van der Waals surface area contributed by atoms with Gasteiger partial charge < -0.3 is 10.0 Å². The minimum Gasteiger partial charge on any atom is -0.387 e. The van der Waals surface area contributed by atoms with Crippen LogP contribution in [0.1, 0.15) is 33.6 Å². The molecular formula is C16H25N3O2. The predicted octanol–water partition coefficient (Wildman–Crippen LogP) is 1.53. The molecule has 2 atom stereocenters. The van der Waals surface area contributed by atoms with Crippen molar-refractivity contribution in [2.45, 2.75) is 45.8 Å². The third-order valence-corrected chi connectivity index (χ3v) is 5.41. The number of carbonyl (C=O) groups excluding carboxylic acids is 1. The van der Waals surface area contributed by atoms with Crippen molar-refractivity contribution >= 4 is 5.91 Å². The first kappa shape index (κ1) is 14.6. The molecule has 0 unspecified atom stereocenters. The van der Waals surface area contributed by atoms with E-state index in [0.29, 0.717) is 19.6 Å². The highest BCUT2D eigenvalue weighted by Gasteiger charge is 2.56. The molecule has 1 saturated carbocycles. The molecule has 21 heavy (non-hydrogen) atoms. The van der Waals surface area contributed by atoms with Crippen molar-refractivity contribution in [2.24, 2.45) is 17.3 Å². The number of aliphatic hydroxyl groups is 1. The number of nitrogens with zero attached hydrogens (tertiary/aromatic N) is 3. The molecule has 1 aromatic rings. The van der Waals surface area contributed by atoms with Crippen molar-refractivity contribution in [2.75, 3.05) is 13.1 Å². The van der Waals surface area contributed by atoms with E-state index in [-0.39, 0.29) is 23.2 Å². The third-order valence-electron chi connectivity index (χ3n) is 5.41. The van der Waals surface area contributed by atoms with Crippen LogP contribution in [-0.4, -0.2) is 44.4 Å². The summed E-state index contributed by atoms with van der Waals surface area (Å²) in [6.07, 6.45) is 5.51. The summed E-state index contributed by atoms with van der Waals surface area (Å²) in [6, 6.07) is 1.88. The lowest BCUT2D eigenvalue weighted by Gasteiger charge is -2.31. The maximum atomic E-state index is 12.9. The molecule has 1 aromatic heterocycles. The van der Waals surface area contributed by atoms with Crippen molar-refractivity contribution in [1.29, 1.82) is 0 Å². The number of carbonyl (C=O) groups is 1. The summed E-state index contributed by atoms with van der Waals surface area (Å²) in [6.45, 7) is 7.88. The van der Waals surface area contributed by atoms with Crippen molar-refractivity contribution in [3.05, 3.63) is 18.5 Å². The van der Waals surface area contributed by atoms with Crippen molar-refractivity contribution < 1.29 is 9.90 Å². The van der Waals surface area contributed by atoms with Gasteiger partial charge in [-0.3, -0.25) is 9.48 Å². The minimum absolute atomic E-state index is 0.127. The fourth-order valence-electron chi connectivity index (χ4n) is 3.55. The summed E-state index contributed by atoms with van der Waals surface area (Å²) in [5.74, 6) is 0.481. The number of hydrogen-bond acceptors (Lipinski definition) is 3. The highest BCUT2D eigenvalue weighted by molar-refractivity contribution is 5.85. The van der Waals surface area contributed by atoms with Gasteiger partial charge in [0.2, 0.25) is 5.91 Å². The van der Waals surface area contributed by atoms with E-state index in [1.165, 1.54) is 0 Å². The Bertz CT molecular complexity index is 522. The Balaban J connectivity index is 1.72. The summed E-state index contributed by atoms with van der Waals surface area (Å²) in [4.78, 5) is 14.8. The van der Waals surface area contributed by atoms with Gasteiger partial charge in [-0.2, -0.15) is 5.10 Å². The Labute approximate surface area is 125 Å². The number of amides is 1. The van der Waals surface area contributed by atoms with Crippen LogP contribution < -0.4 is 0 Å². The zero-order chi connectivity index (χ0) is 15.3. The zero-order valence-corrected chi connectivity index (χ0v) is 13.1. The van der Waals surface area contributed by atoms with Gasteiger partial charge in [-0.1, -0.05) is 20.8 Å². The molecule has 1 amide bonds. The molecule has 2 aliphatic rings. The molecule has 3 rings (SSSR count). The lowest BCUT2D eigenvalue weighted by atomic mass is 9.82. The van der Waals surface area contributed by atoms with Gasteiger partial charge in [-0.25, -0.2) is 0 Å². The third kappa shape index (κ3) is 2.37. The van der Waals surface area contributed by atoms with E-state index >= 15 is 0 Å². The number of aromatic nitrogens is 2. The monoisotopic (exact) mass is 291 g/mol. The minimum atomic E-state index is -0.753. The quantitative estimate of drug-likeness (QED) is 0.915. The Morgan fingerprint density at radius 1 is 1.48 bits per heavy atom. The molecule has 1 aliphatic heterocycles. The molecular weight excluding hydrogens is 266 g/mol. The van der Waals surface area contributed by atoms with Crippen LogP contribution >= 0.6 is 0 Å². The van der Waals surface area contributed by atoms with Gasteiger partial charge in [-0.05, 0) is 24.8 Å². The fourth-order valence-corrected chi connectivity index (χ4v) is 3.55. The fraction of sp³-hybridized carbons (Fsp3) is 0.750. The molecule has 1 saturated heterocycles. The second-order valence-electron chi connectivity index (χ2n) is 7.22. The second kappa shape index (κ2) is 4.83. The second-order valence-corrected chi connectivity index (χ2v) is 7.22. The Hall–Kier alpha value is -1.36. The molecule has 116 valence electrons. The van der Waals surface area contributed by atoms with Crippen molar-refractivity contribution in [3.63, 3.8) is 0 Å². The van der Waals surface area contributed by atoms with Crippen LogP contribution in [0.15, 0.2) is 18.5 Å². The molecule has 2 heterocycles. The molecule has 0 radical (unpaired) electrons. The maximum Gasteiger partial charge on any atom is 0.230 e. The van der Waals surface area contributed by atoms with Crippen LogP contribution in [-0.2, 0) is 11.3 Å². The van der Waals surface area contributed by atoms with Gasteiger partial charge in [0.1, 0.15) is 0 Å². The number of hydrogen-bond donors (Lipinski definition) is 1. The smallest absolute Gasteiger partial charge is 0.230 e. The summed E-state index contributed by atoms with van der Waals surface area (Å²) >= 11 is 0. The van der Waals surface area contributed by atoms with Gasteiger partial charge in [0.05, 0.1) is 17.6 Å². The highest BCUT2D eigenvalue weighted by Crippen LogP contribution is 2.50. The maximum absolute atomic E-state index is 12.9. The van der Waals surface area contributed by atoms with Gasteiger partial charge in [0.25, 0.3) is 0 Å². The first-order chi connectivity index (χ1) is 9.87. The summed E-state index contributed by atoms with van der Waals surface area (Å²) in [7, 11) is 0. The normalized spacial score (nSPS) is 30.9. The average Bonchev–Trinajstić information content (AvgIpc) is 2.88. The SMILES string of the molecule is CC(C)[C@@]1(O)CN(C(=O)C2(Cn3cccn3)CC2)C[C@@H]1C. The number of likely N-dealkylation sites (tertiary alicyclic amines) is 1. The topological polar surface area (TPSA) is 58.4 Å². The Morgan fingerprint density at radius 3 is 2.67 bits per heavy atom. The van der Waals surface area contributed by atoms with Gasteiger partial charge in [0.15, 0.2) is 0 Å². The van der Waals surface area contributed by atoms with Crippen LogP contribution in [0.4, 0.5) is 0 Å². The lowest BCUT2D eigenvalue weighted by molar-refractivity contribution is -0.138. The molecule has 1 N–H and O–H groups in total. The van der Waals surface area contributed by atoms with Crippen LogP contribution in [0.3, 0.4) is 0 Å². The van der Waals surface area contributed by atoms with Crippen LogP contribution in [0.5, 0.6) is 0 Å². The number of rotatable bonds is 4. The van der Waals surface area contributed by atoms with Crippen LogP contribution in [0.25, 0.3) is 0 Å². The number of β-amino-alcohol motifs (C(OH)–C–C–N with tert-alkyl or cyclic N) is 1. The standard InChI is InChI=1S/C16H25N3O2/c1-12(2)16(21)11-18(9-13(16)3)14(20)15(5-6-15)10-19-8-4-7-17-19/h4,7-8,12-13,21H,5-6,9-11H2,1-3H3/t13-,16-/m0/s1. The first-order valence-electron chi connectivity index (χ1n) is 7.86. The summed E-state index contributed by atoms with van der Waals surface area (Å²) < 4.78 is 1.85. The van der Waals surface area contributed by atoms with E-state index in [9.17, 15) is 9.90 Å². The lowest BCUT2D eigenvalue weighted by Crippen LogP contribution is -2.44. The van der Waals surface area contributed by atoms with Crippen LogP contribution in [0, 0.1) is 17.3 Å². The van der Waals surface area contributed by atoms with Crippen LogP contribution in [0.2, 0.25) is 0 Å². The van der Waals surface area contributed by atoms with E-state index < -0.39 is 5.60 Å². The van der Waals surface area contributed by atoms with E-state index in [2.05, 4.69) is 5.10 Å². The van der Waals surface area contributed by atoms with Gasteiger partial charge in [0, 0.05) is 31.4 Å². The average molecular weight is 291 g/mol. The molecule has 5 heteroatoms.